The fourth-order valence-corrected chi connectivity index (χ4v) is 2.92. The summed E-state index contributed by atoms with van der Waals surface area (Å²) in [4.78, 5) is 37.1. The molecule has 29 heavy (non-hydrogen) atoms. The van der Waals surface area contributed by atoms with Gasteiger partial charge in [0.1, 0.15) is 11.2 Å². The average Bonchev–Trinajstić information content (AvgIpc) is 2.70. The number of nitrogens with zero attached hydrogens (tertiary/aromatic N) is 3. The second kappa shape index (κ2) is 9.16. The van der Waals surface area contributed by atoms with Crippen molar-refractivity contribution in [3.05, 3.63) is 52.4 Å². The normalized spacial score (nSPS) is 10.7. The topological polar surface area (TPSA) is 129 Å². The maximum absolute atomic E-state index is 12.4. The quantitative estimate of drug-likeness (QED) is 0.426. The lowest BCUT2D eigenvalue weighted by molar-refractivity contribution is -0.128. The molecule has 3 rings (SSSR count). The Labute approximate surface area is 168 Å². The molecule has 0 radical (unpaired) electrons. The van der Waals surface area contributed by atoms with Crippen molar-refractivity contribution >= 4 is 34.3 Å². The number of hydrogen-bond acceptors (Lipinski definition) is 7. The van der Waals surface area contributed by atoms with Crippen LogP contribution in [-0.2, 0) is 4.79 Å². The number of hydrogen-bond donors (Lipinski definition) is 4. The van der Waals surface area contributed by atoms with Gasteiger partial charge in [-0.15, -0.1) is 0 Å². The second-order valence-electron chi connectivity index (χ2n) is 6.76. The van der Waals surface area contributed by atoms with Crippen LogP contribution in [0.5, 0.6) is 0 Å². The zero-order valence-corrected chi connectivity index (χ0v) is 16.5. The van der Waals surface area contributed by atoms with Crippen LogP contribution in [0.2, 0.25) is 0 Å². The van der Waals surface area contributed by atoms with Crippen molar-refractivity contribution in [3.63, 3.8) is 0 Å². The van der Waals surface area contributed by atoms with Crippen LogP contribution in [0, 0.1) is 6.92 Å². The minimum atomic E-state index is -0.258. The maximum Gasteiger partial charge on any atom is 0.261 e. The number of rotatable bonds is 8. The second-order valence-corrected chi connectivity index (χ2v) is 6.76. The number of aromatic amines is 1. The van der Waals surface area contributed by atoms with Crippen molar-refractivity contribution in [2.45, 2.75) is 13.3 Å². The Morgan fingerprint density at radius 2 is 2.10 bits per heavy atom. The van der Waals surface area contributed by atoms with E-state index < -0.39 is 0 Å². The van der Waals surface area contributed by atoms with E-state index in [9.17, 15) is 9.59 Å². The molecule has 2 heterocycles. The molecule has 1 aromatic carbocycles. The molecule has 9 heteroatoms. The first-order valence-corrected chi connectivity index (χ1v) is 9.39. The summed E-state index contributed by atoms with van der Waals surface area (Å²) in [7, 11) is 1.72. The van der Waals surface area contributed by atoms with Gasteiger partial charge in [-0.1, -0.05) is 12.1 Å². The van der Waals surface area contributed by atoms with E-state index in [2.05, 4.69) is 25.6 Å². The molecule has 2 aromatic heterocycles. The molecule has 0 bridgehead atoms. The predicted molar refractivity (Wildman–Crippen MR) is 114 cm³/mol. The highest BCUT2D eigenvalue weighted by atomic mass is 16.2. The van der Waals surface area contributed by atoms with E-state index in [-0.39, 0.29) is 18.0 Å². The number of nitrogens with one attached hydrogen (secondary N) is 3. The number of fused-ring (bicyclic) bond motifs is 1. The number of pyridine rings is 1. The number of likely N-dealkylation sites (N-methyl/N-ethyl adjacent to an activating group) is 1. The van der Waals surface area contributed by atoms with E-state index in [1.807, 2.05) is 31.2 Å². The van der Waals surface area contributed by atoms with Crippen LogP contribution in [0.1, 0.15) is 12.0 Å². The lowest BCUT2D eigenvalue weighted by atomic mass is 10.2. The number of benzene rings is 1. The number of nitrogens with two attached hydrogens (primary N) is 1. The number of amides is 1. The number of aromatic nitrogens is 3. The summed E-state index contributed by atoms with van der Waals surface area (Å²) in [5.74, 6) is 0.738. The minimum Gasteiger partial charge on any atom is -0.354 e. The van der Waals surface area contributed by atoms with Gasteiger partial charge in [-0.2, -0.15) is 4.98 Å². The van der Waals surface area contributed by atoms with Gasteiger partial charge in [0.25, 0.3) is 5.56 Å². The van der Waals surface area contributed by atoms with E-state index in [0.29, 0.717) is 42.2 Å². The standard InChI is InChI=1S/C20H25N7O2/c1-13-5-3-6-14(11-13)24-18-17-15(7-9-22-19(17)29)25-20(26-18)23-8-4-10-27(2)16(28)12-21/h3,5-7,9,11H,4,8,10,12,21H2,1-2H3,(H,22,29)(H2,23,24,25,26). The minimum absolute atomic E-state index is 0.000248. The number of carbonyl (C=O) groups excluding carboxylic acids is 1. The summed E-state index contributed by atoms with van der Waals surface area (Å²) in [6.07, 6.45) is 2.27. The molecule has 0 saturated heterocycles. The van der Waals surface area contributed by atoms with Crippen molar-refractivity contribution < 1.29 is 4.79 Å². The fourth-order valence-electron chi connectivity index (χ4n) is 2.92. The summed E-state index contributed by atoms with van der Waals surface area (Å²) in [6, 6.07) is 9.55. The molecule has 0 fully saturated rings. The van der Waals surface area contributed by atoms with E-state index in [0.717, 1.165) is 11.3 Å². The number of anilines is 3. The van der Waals surface area contributed by atoms with Crippen LogP contribution >= 0.6 is 0 Å². The lowest BCUT2D eigenvalue weighted by Gasteiger charge is -2.16. The van der Waals surface area contributed by atoms with Crippen LogP contribution in [0.15, 0.2) is 41.3 Å². The Morgan fingerprint density at radius 3 is 2.86 bits per heavy atom. The molecule has 0 saturated carbocycles. The molecule has 0 aliphatic heterocycles. The first-order chi connectivity index (χ1) is 14.0. The van der Waals surface area contributed by atoms with Crippen LogP contribution in [0.3, 0.4) is 0 Å². The van der Waals surface area contributed by atoms with Crippen LogP contribution < -0.4 is 21.9 Å². The van der Waals surface area contributed by atoms with Gasteiger partial charge in [-0.3, -0.25) is 9.59 Å². The smallest absolute Gasteiger partial charge is 0.261 e. The molecule has 0 atom stereocenters. The first kappa shape index (κ1) is 20.3. The largest absolute Gasteiger partial charge is 0.354 e. The van der Waals surface area contributed by atoms with Gasteiger partial charge >= 0.3 is 0 Å². The van der Waals surface area contributed by atoms with E-state index in [1.165, 1.54) is 0 Å². The summed E-state index contributed by atoms with van der Waals surface area (Å²) in [6.45, 7) is 3.14. The zero-order valence-electron chi connectivity index (χ0n) is 16.5. The predicted octanol–water partition coefficient (Wildman–Crippen LogP) is 1.59. The van der Waals surface area contributed by atoms with Gasteiger partial charge in [0.15, 0.2) is 0 Å². The van der Waals surface area contributed by atoms with E-state index >= 15 is 0 Å². The van der Waals surface area contributed by atoms with Crippen molar-refractivity contribution in [2.75, 3.05) is 37.3 Å². The Bertz CT molecular complexity index is 1060. The first-order valence-electron chi connectivity index (χ1n) is 9.39. The third-order valence-corrected chi connectivity index (χ3v) is 4.45. The number of carbonyl (C=O) groups is 1. The van der Waals surface area contributed by atoms with Gasteiger partial charge in [-0.25, -0.2) is 4.98 Å². The summed E-state index contributed by atoms with van der Waals surface area (Å²) in [5, 5.41) is 6.78. The van der Waals surface area contributed by atoms with Crippen molar-refractivity contribution in [2.24, 2.45) is 5.73 Å². The fraction of sp³-hybridized carbons (Fsp3) is 0.300. The van der Waals surface area contributed by atoms with Crippen LogP contribution in [-0.4, -0.2) is 52.4 Å². The van der Waals surface area contributed by atoms with E-state index in [1.54, 1.807) is 24.2 Å². The zero-order chi connectivity index (χ0) is 20.8. The van der Waals surface area contributed by atoms with Gasteiger partial charge in [0, 0.05) is 32.0 Å². The van der Waals surface area contributed by atoms with Gasteiger partial charge in [0.05, 0.1) is 12.1 Å². The number of H-pyrrole nitrogens is 1. The number of aryl methyl sites for hydroxylation is 1. The maximum atomic E-state index is 12.4. The molecular weight excluding hydrogens is 370 g/mol. The highest BCUT2D eigenvalue weighted by Crippen LogP contribution is 2.23. The molecule has 1 amide bonds. The Hall–Kier alpha value is -3.46. The molecule has 0 aliphatic carbocycles. The highest BCUT2D eigenvalue weighted by Gasteiger charge is 2.12. The van der Waals surface area contributed by atoms with E-state index in [4.69, 9.17) is 5.73 Å². The molecule has 5 N–H and O–H groups in total. The highest BCUT2D eigenvalue weighted by molar-refractivity contribution is 5.90. The molecule has 3 aromatic rings. The summed E-state index contributed by atoms with van der Waals surface area (Å²) < 4.78 is 0. The summed E-state index contributed by atoms with van der Waals surface area (Å²) >= 11 is 0. The van der Waals surface area contributed by atoms with Crippen LogP contribution in [0.4, 0.5) is 17.5 Å². The molecule has 0 unspecified atom stereocenters. The molecule has 0 spiro atoms. The third kappa shape index (κ3) is 5.08. The molecule has 0 aliphatic rings. The van der Waals surface area contributed by atoms with Gasteiger partial charge < -0.3 is 26.3 Å². The molecular formula is C20H25N7O2. The van der Waals surface area contributed by atoms with Crippen molar-refractivity contribution in [1.29, 1.82) is 0 Å². The van der Waals surface area contributed by atoms with Crippen molar-refractivity contribution in [3.8, 4) is 0 Å². The van der Waals surface area contributed by atoms with Crippen molar-refractivity contribution in [1.82, 2.24) is 19.9 Å². The Morgan fingerprint density at radius 1 is 1.28 bits per heavy atom. The third-order valence-electron chi connectivity index (χ3n) is 4.45. The average molecular weight is 395 g/mol. The Kier molecular flexibility index (Phi) is 6.40. The van der Waals surface area contributed by atoms with Gasteiger partial charge in [0.2, 0.25) is 11.9 Å². The lowest BCUT2D eigenvalue weighted by Crippen LogP contribution is -2.34. The molecule has 9 nitrogen and oxygen atoms in total. The van der Waals surface area contributed by atoms with Gasteiger partial charge in [-0.05, 0) is 37.1 Å². The summed E-state index contributed by atoms with van der Waals surface area (Å²) in [5.41, 5.74) is 7.57. The van der Waals surface area contributed by atoms with Crippen LogP contribution in [0.25, 0.3) is 10.9 Å². The monoisotopic (exact) mass is 395 g/mol. The molecule has 152 valence electrons. The Balaban J connectivity index is 1.80. The SMILES string of the molecule is Cc1cccc(Nc2nc(NCCCN(C)C(=O)CN)nc3cc[nH]c(=O)c23)c1.